The topological polar surface area (TPSA) is 13.1 Å². The molecule has 1 heteroatoms. The molecule has 0 bridgehead atoms. The summed E-state index contributed by atoms with van der Waals surface area (Å²) >= 11 is 0. The van der Waals surface area contributed by atoms with Crippen LogP contribution in [0.25, 0.3) is 5.57 Å². The number of hydrogen-bond acceptors (Lipinski definition) is 1. The number of hydrogen-bond donors (Lipinski definition) is 0. The maximum atomic E-state index is 5.48. The van der Waals surface area contributed by atoms with E-state index in [1.54, 1.807) is 6.26 Å². The van der Waals surface area contributed by atoms with Gasteiger partial charge in [0.1, 0.15) is 5.76 Å². The van der Waals surface area contributed by atoms with Gasteiger partial charge in [0.2, 0.25) is 0 Å². The van der Waals surface area contributed by atoms with E-state index in [1.807, 2.05) is 6.07 Å². The normalized spacial score (nSPS) is 13.5. The Balaban J connectivity index is 3.14. The molecule has 0 spiro atoms. The zero-order valence-corrected chi connectivity index (χ0v) is 9.14. The second-order valence-corrected chi connectivity index (χ2v) is 4.39. The van der Waals surface area contributed by atoms with E-state index in [9.17, 15) is 0 Å². The average molecular weight is 178 g/mol. The van der Waals surface area contributed by atoms with Crippen molar-refractivity contribution in [1.29, 1.82) is 0 Å². The van der Waals surface area contributed by atoms with Crippen molar-refractivity contribution in [1.82, 2.24) is 0 Å². The summed E-state index contributed by atoms with van der Waals surface area (Å²) in [5.41, 5.74) is 2.63. The average Bonchev–Trinajstić information content (AvgIpc) is 2.35. The number of allylic oxidation sites excluding steroid dienone is 2. The highest BCUT2D eigenvalue weighted by molar-refractivity contribution is 5.67. The minimum Gasteiger partial charge on any atom is -0.464 e. The lowest BCUT2D eigenvalue weighted by Gasteiger charge is -2.21. The highest BCUT2D eigenvalue weighted by Crippen LogP contribution is 2.35. The summed E-state index contributed by atoms with van der Waals surface area (Å²) in [6, 6.07) is 2.00. The molecular formula is C12H18O. The van der Waals surface area contributed by atoms with E-state index in [2.05, 4.69) is 40.7 Å². The van der Waals surface area contributed by atoms with Crippen LogP contribution in [-0.4, -0.2) is 0 Å². The van der Waals surface area contributed by atoms with Crippen LogP contribution >= 0.6 is 0 Å². The number of furan rings is 1. The first kappa shape index (κ1) is 10.1. The Hall–Kier alpha value is -0.980. The molecule has 1 nitrogen and oxygen atoms in total. The van der Waals surface area contributed by atoms with Gasteiger partial charge < -0.3 is 4.42 Å². The molecule has 1 heterocycles. The van der Waals surface area contributed by atoms with Crippen LogP contribution in [0.2, 0.25) is 0 Å². The molecule has 0 amide bonds. The molecule has 0 saturated carbocycles. The van der Waals surface area contributed by atoms with E-state index in [0.717, 1.165) is 5.76 Å². The van der Waals surface area contributed by atoms with Gasteiger partial charge >= 0.3 is 0 Å². The summed E-state index contributed by atoms with van der Waals surface area (Å²) in [7, 11) is 0. The van der Waals surface area contributed by atoms with Gasteiger partial charge in [-0.2, -0.15) is 0 Å². The van der Waals surface area contributed by atoms with Crippen molar-refractivity contribution in [3.05, 3.63) is 29.7 Å². The molecule has 0 aliphatic rings. The Morgan fingerprint density at radius 3 is 2.31 bits per heavy atom. The Morgan fingerprint density at radius 2 is 2.00 bits per heavy atom. The van der Waals surface area contributed by atoms with Gasteiger partial charge in [0.05, 0.1) is 6.26 Å². The Morgan fingerprint density at radius 1 is 1.38 bits per heavy atom. The van der Waals surface area contributed by atoms with Crippen LogP contribution in [0, 0.1) is 12.3 Å². The Kier molecular flexibility index (Phi) is 2.65. The molecule has 0 aliphatic carbocycles. The summed E-state index contributed by atoms with van der Waals surface area (Å²) in [5, 5.41) is 0. The van der Waals surface area contributed by atoms with Gasteiger partial charge in [0.15, 0.2) is 0 Å². The quantitative estimate of drug-likeness (QED) is 0.632. The maximum Gasteiger partial charge on any atom is 0.132 e. The van der Waals surface area contributed by atoms with E-state index in [1.165, 1.54) is 11.1 Å². The fraction of sp³-hybridized carbons (Fsp3) is 0.500. The van der Waals surface area contributed by atoms with Gasteiger partial charge in [0, 0.05) is 0 Å². The molecular weight excluding hydrogens is 160 g/mol. The van der Waals surface area contributed by atoms with Crippen LogP contribution in [0.4, 0.5) is 0 Å². The summed E-state index contributed by atoms with van der Waals surface area (Å²) in [4.78, 5) is 0. The zero-order chi connectivity index (χ0) is 10.1. The van der Waals surface area contributed by atoms with Crippen molar-refractivity contribution < 1.29 is 4.42 Å². The summed E-state index contributed by atoms with van der Waals surface area (Å²) in [6.07, 6.45) is 3.88. The molecule has 0 aromatic carbocycles. The summed E-state index contributed by atoms with van der Waals surface area (Å²) < 4.78 is 5.48. The fourth-order valence-corrected chi connectivity index (χ4v) is 1.55. The van der Waals surface area contributed by atoms with Gasteiger partial charge in [0.25, 0.3) is 0 Å². The molecule has 0 saturated heterocycles. The molecule has 13 heavy (non-hydrogen) atoms. The predicted octanol–water partition coefficient (Wildman–Crippen LogP) is 4.04. The van der Waals surface area contributed by atoms with E-state index < -0.39 is 0 Å². The smallest absolute Gasteiger partial charge is 0.132 e. The van der Waals surface area contributed by atoms with Crippen molar-refractivity contribution in [2.45, 2.75) is 34.6 Å². The lowest BCUT2D eigenvalue weighted by molar-refractivity contribution is 0.502. The van der Waals surface area contributed by atoms with Crippen LogP contribution in [0.3, 0.4) is 0 Å². The van der Waals surface area contributed by atoms with Gasteiger partial charge in [-0.15, -0.1) is 0 Å². The van der Waals surface area contributed by atoms with Crippen molar-refractivity contribution >= 4 is 5.57 Å². The maximum absolute atomic E-state index is 5.48. The van der Waals surface area contributed by atoms with E-state index in [4.69, 9.17) is 4.42 Å². The molecule has 72 valence electrons. The van der Waals surface area contributed by atoms with Crippen LogP contribution in [0.15, 0.2) is 22.8 Å². The van der Waals surface area contributed by atoms with Gasteiger partial charge in [-0.1, -0.05) is 26.8 Å². The number of aryl methyl sites for hydroxylation is 1. The molecule has 0 aliphatic heterocycles. The molecule has 0 atom stereocenters. The minimum atomic E-state index is 0.150. The predicted molar refractivity (Wildman–Crippen MR) is 56.6 cm³/mol. The van der Waals surface area contributed by atoms with Gasteiger partial charge in [-0.25, -0.2) is 0 Å². The molecule has 1 aromatic heterocycles. The van der Waals surface area contributed by atoms with Crippen LogP contribution < -0.4 is 0 Å². The third kappa shape index (κ3) is 2.03. The SMILES string of the molecule is C/C=C(\c1occc1C)C(C)(C)C. The highest BCUT2D eigenvalue weighted by atomic mass is 16.3. The monoisotopic (exact) mass is 178 g/mol. The first-order valence-electron chi connectivity index (χ1n) is 4.68. The van der Waals surface area contributed by atoms with Crippen LogP contribution in [0.1, 0.15) is 39.0 Å². The Labute approximate surface area is 80.5 Å². The van der Waals surface area contributed by atoms with Crippen molar-refractivity contribution in [3.63, 3.8) is 0 Å². The number of rotatable bonds is 1. The van der Waals surface area contributed by atoms with Crippen LogP contribution in [-0.2, 0) is 0 Å². The zero-order valence-electron chi connectivity index (χ0n) is 9.14. The molecule has 0 fully saturated rings. The fourth-order valence-electron chi connectivity index (χ4n) is 1.55. The lowest BCUT2D eigenvalue weighted by atomic mass is 9.84. The third-order valence-electron chi connectivity index (χ3n) is 2.20. The van der Waals surface area contributed by atoms with Crippen molar-refractivity contribution in [3.8, 4) is 0 Å². The molecule has 0 unspecified atom stereocenters. The van der Waals surface area contributed by atoms with E-state index in [0.29, 0.717) is 0 Å². The summed E-state index contributed by atoms with van der Waals surface area (Å²) in [6.45, 7) is 10.7. The molecule has 1 aromatic rings. The molecule has 0 N–H and O–H groups in total. The highest BCUT2D eigenvalue weighted by Gasteiger charge is 2.21. The van der Waals surface area contributed by atoms with E-state index in [-0.39, 0.29) is 5.41 Å². The largest absolute Gasteiger partial charge is 0.464 e. The van der Waals surface area contributed by atoms with E-state index >= 15 is 0 Å². The van der Waals surface area contributed by atoms with Crippen molar-refractivity contribution in [2.24, 2.45) is 5.41 Å². The van der Waals surface area contributed by atoms with Crippen LogP contribution in [0.5, 0.6) is 0 Å². The van der Waals surface area contributed by atoms with Crippen molar-refractivity contribution in [2.75, 3.05) is 0 Å². The summed E-state index contributed by atoms with van der Waals surface area (Å²) in [5.74, 6) is 1.02. The second kappa shape index (κ2) is 3.41. The van der Waals surface area contributed by atoms with Gasteiger partial charge in [-0.05, 0) is 36.5 Å². The molecule has 0 radical (unpaired) electrons. The minimum absolute atomic E-state index is 0.150. The first-order valence-corrected chi connectivity index (χ1v) is 4.68. The van der Waals surface area contributed by atoms with Gasteiger partial charge in [-0.3, -0.25) is 0 Å². The Bertz CT molecular complexity index is 310. The standard InChI is InChI=1S/C12H18O/c1-6-10(12(3,4)5)11-9(2)7-8-13-11/h6-8H,1-5H3/b10-6+. The molecule has 1 rings (SSSR count). The lowest BCUT2D eigenvalue weighted by Crippen LogP contribution is -2.08. The first-order chi connectivity index (χ1) is 5.96. The second-order valence-electron chi connectivity index (χ2n) is 4.39. The third-order valence-corrected chi connectivity index (χ3v) is 2.20.